The fourth-order valence-corrected chi connectivity index (χ4v) is 2.82. The van der Waals surface area contributed by atoms with Crippen LogP contribution < -0.4 is 5.32 Å². The summed E-state index contributed by atoms with van der Waals surface area (Å²) in [5.74, 6) is -0.173. The second-order valence-corrected chi connectivity index (χ2v) is 6.90. The van der Waals surface area contributed by atoms with Crippen molar-refractivity contribution < 1.29 is 19.1 Å². The van der Waals surface area contributed by atoms with Gasteiger partial charge < -0.3 is 14.8 Å². The topological polar surface area (TPSA) is 64.6 Å². The molecule has 0 saturated carbocycles. The van der Waals surface area contributed by atoms with Gasteiger partial charge in [0.1, 0.15) is 6.10 Å². The van der Waals surface area contributed by atoms with Gasteiger partial charge in [0, 0.05) is 13.0 Å². The van der Waals surface area contributed by atoms with Crippen molar-refractivity contribution in [2.75, 3.05) is 0 Å². The molecule has 0 unspecified atom stereocenters. The number of esters is 1. The Bertz CT molecular complexity index is 494. The molecule has 1 fully saturated rings. The zero-order valence-electron chi connectivity index (χ0n) is 15.7. The van der Waals surface area contributed by atoms with Crippen LogP contribution in [0.3, 0.4) is 0 Å². The molecule has 24 heavy (non-hydrogen) atoms. The van der Waals surface area contributed by atoms with E-state index in [2.05, 4.69) is 32.2 Å². The number of carbonyl (C=O) groups excluding carboxylic acids is 2. The number of hydrogen-bond acceptors (Lipinski definition) is 4. The molecule has 1 aliphatic rings. The third-order valence-corrected chi connectivity index (χ3v) is 4.17. The van der Waals surface area contributed by atoms with Crippen molar-refractivity contribution >= 4 is 11.9 Å². The summed E-state index contributed by atoms with van der Waals surface area (Å²) in [5, 5.41) is 2.99. The van der Waals surface area contributed by atoms with E-state index in [0.29, 0.717) is 5.92 Å². The van der Waals surface area contributed by atoms with Gasteiger partial charge in [-0.2, -0.15) is 0 Å². The van der Waals surface area contributed by atoms with Crippen LogP contribution in [0.2, 0.25) is 0 Å². The Morgan fingerprint density at radius 2 is 1.96 bits per heavy atom. The number of carbonyl (C=O) groups is 2. The van der Waals surface area contributed by atoms with Crippen LogP contribution in [-0.4, -0.2) is 36.2 Å². The Balaban J connectivity index is 2.51. The van der Waals surface area contributed by atoms with E-state index < -0.39 is 6.10 Å². The van der Waals surface area contributed by atoms with Gasteiger partial charge in [-0.25, -0.2) is 0 Å². The summed E-state index contributed by atoms with van der Waals surface area (Å²) in [6.07, 6.45) is 6.75. The molecule has 1 saturated heterocycles. The van der Waals surface area contributed by atoms with Gasteiger partial charge in [-0.3, -0.25) is 9.59 Å². The van der Waals surface area contributed by atoms with Crippen molar-refractivity contribution in [3.05, 3.63) is 23.8 Å². The third kappa shape index (κ3) is 7.30. The molecule has 0 spiro atoms. The number of rotatable bonds is 6. The van der Waals surface area contributed by atoms with E-state index >= 15 is 0 Å². The summed E-state index contributed by atoms with van der Waals surface area (Å²) in [4.78, 5) is 22.9. The van der Waals surface area contributed by atoms with Crippen LogP contribution in [0.15, 0.2) is 23.8 Å². The average Bonchev–Trinajstić information content (AvgIpc) is 2.46. The molecule has 1 aliphatic heterocycles. The second-order valence-electron chi connectivity index (χ2n) is 6.90. The molecular formula is C19H31NO4. The van der Waals surface area contributed by atoms with Gasteiger partial charge >= 0.3 is 5.97 Å². The van der Waals surface area contributed by atoms with E-state index in [-0.39, 0.29) is 30.1 Å². The van der Waals surface area contributed by atoms with Crippen LogP contribution in [0.5, 0.6) is 0 Å². The van der Waals surface area contributed by atoms with Gasteiger partial charge in [0.05, 0.1) is 18.2 Å². The highest BCUT2D eigenvalue weighted by atomic mass is 16.5. The molecule has 1 heterocycles. The molecule has 0 aliphatic carbocycles. The lowest BCUT2D eigenvalue weighted by atomic mass is 9.88. The lowest BCUT2D eigenvalue weighted by Crippen LogP contribution is -2.50. The first-order valence-electron chi connectivity index (χ1n) is 8.63. The Kier molecular flexibility index (Phi) is 8.19. The van der Waals surface area contributed by atoms with Crippen molar-refractivity contribution in [3.63, 3.8) is 0 Å². The summed E-state index contributed by atoms with van der Waals surface area (Å²) in [7, 11) is 0. The summed E-state index contributed by atoms with van der Waals surface area (Å²) in [6.45, 7) is 11.4. The first kappa shape index (κ1) is 20.4. The van der Waals surface area contributed by atoms with Crippen LogP contribution in [0.4, 0.5) is 0 Å². The number of amides is 1. The van der Waals surface area contributed by atoms with Crippen LogP contribution in [0.25, 0.3) is 0 Å². The number of nitrogens with one attached hydrogen (secondary N) is 1. The van der Waals surface area contributed by atoms with Crippen LogP contribution >= 0.6 is 0 Å². The highest BCUT2D eigenvalue weighted by Crippen LogP contribution is 2.27. The molecule has 0 aromatic rings. The van der Waals surface area contributed by atoms with Gasteiger partial charge in [-0.05, 0) is 52.5 Å². The molecule has 5 atom stereocenters. The summed E-state index contributed by atoms with van der Waals surface area (Å²) in [5.41, 5.74) is 1.29. The molecule has 0 bridgehead atoms. The van der Waals surface area contributed by atoms with Crippen molar-refractivity contribution in [3.8, 4) is 0 Å². The number of hydrogen-bond donors (Lipinski definition) is 1. The van der Waals surface area contributed by atoms with E-state index in [9.17, 15) is 9.59 Å². The van der Waals surface area contributed by atoms with Gasteiger partial charge in [-0.15, -0.1) is 0 Å². The second kappa shape index (κ2) is 9.62. The average molecular weight is 337 g/mol. The molecule has 0 aromatic heterocycles. The zero-order chi connectivity index (χ0) is 18.3. The first-order chi connectivity index (χ1) is 11.2. The Morgan fingerprint density at radius 1 is 1.29 bits per heavy atom. The van der Waals surface area contributed by atoms with E-state index in [1.807, 2.05) is 6.92 Å². The minimum Gasteiger partial charge on any atom is -0.459 e. The molecule has 1 N–H and O–H groups in total. The Labute approximate surface area is 145 Å². The zero-order valence-corrected chi connectivity index (χ0v) is 15.7. The monoisotopic (exact) mass is 337 g/mol. The van der Waals surface area contributed by atoms with Gasteiger partial charge in [-0.1, -0.05) is 18.6 Å². The van der Waals surface area contributed by atoms with E-state index in [0.717, 1.165) is 12.8 Å². The highest BCUT2D eigenvalue weighted by molar-refractivity contribution is 5.87. The Morgan fingerprint density at radius 3 is 2.54 bits per heavy atom. The molecule has 0 aromatic carbocycles. The minimum atomic E-state index is -0.416. The molecule has 1 rings (SSSR count). The predicted octanol–water partition coefficient (Wildman–Crippen LogP) is 3.15. The van der Waals surface area contributed by atoms with E-state index in [4.69, 9.17) is 9.47 Å². The third-order valence-electron chi connectivity index (χ3n) is 4.17. The lowest BCUT2D eigenvalue weighted by molar-refractivity contribution is -0.143. The number of ether oxygens (including phenoxy) is 2. The van der Waals surface area contributed by atoms with E-state index in [1.54, 1.807) is 13.0 Å². The smallest absolute Gasteiger partial charge is 0.303 e. The predicted molar refractivity (Wildman–Crippen MR) is 94.5 cm³/mol. The summed E-state index contributed by atoms with van der Waals surface area (Å²) < 4.78 is 11.0. The highest BCUT2D eigenvalue weighted by Gasteiger charge is 2.33. The molecule has 1 amide bonds. The van der Waals surface area contributed by atoms with Crippen molar-refractivity contribution in [2.45, 2.75) is 78.7 Å². The van der Waals surface area contributed by atoms with Gasteiger partial charge in [0.15, 0.2) is 0 Å². The van der Waals surface area contributed by atoms with Gasteiger partial charge in [0.25, 0.3) is 0 Å². The summed E-state index contributed by atoms with van der Waals surface area (Å²) in [6, 6.07) is -0.0101. The van der Waals surface area contributed by atoms with Crippen molar-refractivity contribution in [2.24, 2.45) is 5.92 Å². The van der Waals surface area contributed by atoms with Crippen LogP contribution in [-0.2, 0) is 19.1 Å². The SMILES string of the molecule is CC(=O)O[C@@H](C)/C=C\C(=O)N[C@@H]1C[C@H](C)[C@H](CC=C(C)C)O[C@@H]1C. The van der Waals surface area contributed by atoms with Crippen molar-refractivity contribution in [1.82, 2.24) is 5.32 Å². The van der Waals surface area contributed by atoms with Crippen LogP contribution in [0.1, 0.15) is 54.4 Å². The molecule has 0 radical (unpaired) electrons. The maximum absolute atomic E-state index is 12.0. The fourth-order valence-electron chi connectivity index (χ4n) is 2.82. The summed E-state index contributed by atoms with van der Waals surface area (Å²) >= 11 is 0. The molecule has 5 nitrogen and oxygen atoms in total. The standard InChI is InChI=1S/C19H31NO4/c1-12(2)7-9-18-13(3)11-17(15(5)24-18)20-19(22)10-8-14(4)23-16(6)21/h7-8,10,13-15,17-18H,9,11H2,1-6H3,(H,20,22)/b10-8-/t13-,14-,15+,17+,18-/m0/s1. The molecule has 5 heteroatoms. The van der Waals surface area contributed by atoms with Gasteiger partial charge in [0.2, 0.25) is 5.91 Å². The van der Waals surface area contributed by atoms with Crippen LogP contribution in [0, 0.1) is 5.92 Å². The minimum absolute atomic E-state index is 0.0101. The van der Waals surface area contributed by atoms with Crippen molar-refractivity contribution in [1.29, 1.82) is 0 Å². The number of allylic oxidation sites excluding steroid dienone is 1. The first-order valence-corrected chi connectivity index (χ1v) is 8.63. The van der Waals surface area contributed by atoms with E-state index in [1.165, 1.54) is 18.6 Å². The maximum atomic E-state index is 12.0. The lowest BCUT2D eigenvalue weighted by Gasteiger charge is -2.39. The quantitative estimate of drug-likeness (QED) is 0.459. The largest absolute Gasteiger partial charge is 0.459 e. The normalized spacial score (nSPS) is 28.2. The Hall–Kier alpha value is -1.62. The fraction of sp³-hybridized carbons (Fsp3) is 0.684. The molecule has 136 valence electrons. The maximum Gasteiger partial charge on any atom is 0.303 e. The molecular weight excluding hydrogens is 306 g/mol.